The van der Waals surface area contributed by atoms with Crippen molar-refractivity contribution in [3.63, 3.8) is 0 Å². The molecule has 0 aliphatic carbocycles. The van der Waals surface area contributed by atoms with E-state index in [0.717, 1.165) is 22.7 Å². The lowest BCUT2D eigenvalue weighted by atomic mass is 10.2. The predicted octanol–water partition coefficient (Wildman–Crippen LogP) is 1.66. The number of hydrogen-bond acceptors (Lipinski definition) is 2. The van der Waals surface area contributed by atoms with Gasteiger partial charge in [0.25, 0.3) is 5.56 Å². The Kier molecular flexibility index (Phi) is 2.69. The minimum atomic E-state index is -0.0534. The summed E-state index contributed by atoms with van der Waals surface area (Å²) in [6.45, 7) is 3.93. The lowest BCUT2D eigenvalue weighted by Gasteiger charge is -1.97. The minimum absolute atomic E-state index is 0.0534. The molecule has 0 atom stereocenters. The van der Waals surface area contributed by atoms with E-state index in [0.29, 0.717) is 12.2 Å². The van der Waals surface area contributed by atoms with E-state index in [-0.39, 0.29) is 5.56 Å². The van der Waals surface area contributed by atoms with E-state index in [1.54, 1.807) is 10.5 Å². The van der Waals surface area contributed by atoms with Crippen molar-refractivity contribution in [1.82, 2.24) is 4.40 Å². The van der Waals surface area contributed by atoms with E-state index in [4.69, 9.17) is 0 Å². The third kappa shape index (κ3) is 1.58. The fourth-order valence-electron chi connectivity index (χ4n) is 1.86. The molecule has 2 heterocycles. The fraction of sp³-hybridized carbons (Fsp3) is 0.308. The summed E-state index contributed by atoms with van der Waals surface area (Å²) in [5.74, 6) is 0.325. The largest absolute Gasteiger partial charge is 0.512 e. The molecule has 0 radical (unpaired) electrons. The lowest BCUT2D eigenvalue weighted by Crippen LogP contribution is -2.18. The molecule has 0 amide bonds. The van der Waals surface area contributed by atoms with Gasteiger partial charge in [-0.1, -0.05) is 13.8 Å². The molecule has 0 aromatic carbocycles. The third-order valence-electron chi connectivity index (χ3n) is 2.84. The Bertz CT molecular complexity index is 625. The highest BCUT2D eigenvalue weighted by Gasteiger charge is 2.04. The van der Waals surface area contributed by atoms with Crippen LogP contribution in [-0.2, 0) is 6.42 Å². The molecule has 0 saturated carbocycles. The van der Waals surface area contributed by atoms with Gasteiger partial charge in [0.2, 0.25) is 0 Å². The molecule has 0 saturated heterocycles. The zero-order valence-electron chi connectivity index (χ0n) is 9.53. The quantitative estimate of drug-likeness (QED) is 0.831. The van der Waals surface area contributed by atoms with Crippen LogP contribution in [0, 0.1) is 0 Å². The minimum Gasteiger partial charge on any atom is -0.512 e. The number of rotatable bonds is 2. The van der Waals surface area contributed by atoms with Crippen LogP contribution in [0.5, 0.6) is 0 Å². The predicted molar refractivity (Wildman–Crippen MR) is 64.6 cm³/mol. The van der Waals surface area contributed by atoms with Crippen LogP contribution in [0.25, 0.3) is 11.3 Å². The monoisotopic (exact) mass is 217 g/mol. The van der Waals surface area contributed by atoms with Gasteiger partial charge in [0.05, 0.1) is 5.52 Å². The molecule has 0 spiro atoms. The number of aromatic nitrogens is 1. The number of fused-ring (bicyclic) bond motifs is 1. The molecule has 2 rings (SSSR count). The number of aliphatic hydroxyl groups excluding tert-OH is 1. The van der Waals surface area contributed by atoms with Crippen molar-refractivity contribution in [2.75, 3.05) is 0 Å². The van der Waals surface area contributed by atoms with E-state index in [9.17, 15) is 9.90 Å². The third-order valence-corrected chi connectivity index (χ3v) is 2.84. The van der Waals surface area contributed by atoms with E-state index in [2.05, 4.69) is 0 Å². The van der Waals surface area contributed by atoms with Crippen LogP contribution in [0.2, 0.25) is 0 Å². The van der Waals surface area contributed by atoms with Crippen molar-refractivity contribution >= 4 is 11.3 Å². The first-order valence-electron chi connectivity index (χ1n) is 5.53. The molecule has 2 aromatic heterocycles. The molecular formula is C13H15NO2. The van der Waals surface area contributed by atoms with Gasteiger partial charge < -0.3 is 5.11 Å². The van der Waals surface area contributed by atoms with Gasteiger partial charge in [-0.05, 0) is 24.1 Å². The maximum absolute atomic E-state index is 11.6. The first kappa shape index (κ1) is 10.7. The summed E-state index contributed by atoms with van der Waals surface area (Å²) in [4.78, 5) is 11.6. The first-order valence-corrected chi connectivity index (χ1v) is 5.53. The molecule has 0 aliphatic heterocycles. The molecule has 0 aliphatic rings. The molecule has 2 aromatic rings. The molecular weight excluding hydrogens is 202 g/mol. The Labute approximate surface area is 93.6 Å². The number of aryl methyl sites for hydroxylation is 1. The average Bonchev–Trinajstić information content (AvgIpc) is 2.73. The maximum Gasteiger partial charge on any atom is 0.255 e. The van der Waals surface area contributed by atoms with Gasteiger partial charge in [-0.25, -0.2) is 0 Å². The van der Waals surface area contributed by atoms with E-state index < -0.39 is 0 Å². The lowest BCUT2D eigenvalue weighted by molar-refractivity contribution is 0.484. The van der Waals surface area contributed by atoms with E-state index in [1.165, 1.54) is 6.07 Å². The summed E-state index contributed by atoms with van der Waals surface area (Å²) >= 11 is 0. The molecule has 16 heavy (non-hydrogen) atoms. The van der Waals surface area contributed by atoms with Gasteiger partial charge in [0.1, 0.15) is 5.76 Å². The van der Waals surface area contributed by atoms with Crippen molar-refractivity contribution in [2.45, 2.75) is 26.7 Å². The smallest absolute Gasteiger partial charge is 0.255 e. The molecule has 3 heteroatoms. The Morgan fingerprint density at radius 2 is 2.12 bits per heavy atom. The van der Waals surface area contributed by atoms with Crippen molar-refractivity contribution in [3.05, 3.63) is 45.5 Å². The normalized spacial score (nSPS) is 13.1. The van der Waals surface area contributed by atoms with E-state index >= 15 is 0 Å². The summed E-state index contributed by atoms with van der Waals surface area (Å²) in [6.07, 6.45) is 3.29. The zero-order valence-corrected chi connectivity index (χ0v) is 9.53. The highest BCUT2D eigenvalue weighted by molar-refractivity contribution is 5.57. The number of aliphatic hydroxyl groups is 1. The summed E-state index contributed by atoms with van der Waals surface area (Å²) < 4.78 is 1.60. The van der Waals surface area contributed by atoms with Crippen molar-refractivity contribution < 1.29 is 5.11 Å². The van der Waals surface area contributed by atoms with Crippen molar-refractivity contribution in [2.24, 2.45) is 0 Å². The SMILES string of the molecule is CCC(O)=c1ccc(=O)n2cc(CC)cc12. The summed E-state index contributed by atoms with van der Waals surface area (Å²) in [5, 5.41) is 10.6. The van der Waals surface area contributed by atoms with Crippen LogP contribution in [0.4, 0.5) is 0 Å². The standard InChI is InChI=1S/C13H15NO2/c1-3-9-7-11-10(12(15)4-2)5-6-13(16)14(11)8-9/h5-8,15H,3-4H2,1-2H3. The Morgan fingerprint density at radius 1 is 1.38 bits per heavy atom. The van der Waals surface area contributed by atoms with E-state index in [1.807, 2.05) is 26.1 Å². The van der Waals surface area contributed by atoms with Crippen molar-refractivity contribution in [1.29, 1.82) is 0 Å². The van der Waals surface area contributed by atoms with Gasteiger partial charge >= 0.3 is 0 Å². The van der Waals surface area contributed by atoms with Gasteiger partial charge in [-0.15, -0.1) is 0 Å². The molecule has 0 bridgehead atoms. The number of hydrogen-bond donors (Lipinski definition) is 1. The summed E-state index contributed by atoms with van der Waals surface area (Å²) in [7, 11) is 0. The van der Waals surface area contributed by atoms with Gasteiger partial charge in [0.15, 0.2) is 0 Å². The number of nitrogens with zero attached hydrogens (tertiary/aromatic N) is 1. The zero-order chi connectivity index (χ0) is 11.7. The van der Waals surface area contributed by atoms with Crippen LogP contribution >= 0.6 is 0 Å². The van der Waals surface area contributed by atoms with Crippen molar-refractivity contribution in [3.8, 4) is 0 Å². The molecule has 3 nitrogen and oxygen atoms in total. The van der Waals surface area contributed by atoms with Crippen LogP contribution in [-0.4, -0.2) is 9.51 Å². The Morgan fingerprint density at radius 3 is 2.75 bits per heavy atom. The highest BCUT2D eigenvalue weighted by Crippen LogP contribution is 2.06. The van der Waals surface area contributed by atoms with Crippen LogP contribution in [0.1, 0.15) is 25.8 Å². The van der Waals surface area contributed by atoms with Crippen LogP contribution < -0.4 is 10.8 Å². The first-order chi connectivity index (χ1) is 7.67. The number of pyridine rings is 1. The average molecular weight is 217 g/mol. The summed E-state index contributed by atoms with van der Waals surface area (Å²) in [5.41, 5.74) is 1.85. The topological polar surface area (TPSA) is 41.7 Å². The highest BCUT2D eigenvalue weighted by atomic mass is 16.3. The van der Waals surface area contributed by atoms with Gasteiger partial charge in [-0.3, -0.25) is 9.20 Å². The second-order valence-corrected chi connectivity index (χ2v) is 3.84. The second kappa shape index (κ2) is 4.00. The van der Waals surface area contributed by atoms with Crippen LogP contribution in [0.3, 0.4) is 0 Å². The molecule has 0 unspecified atom stereocenters. The maximum atomic E-state index is 11.6. The molecule has 0 fully saturated rings. The Balaban J connectivity index is 2.94. The Hall–Kier alpha value is -1.77. The second-order valence-electron chi connectivity index (χ2n) is 3.84. The summed E-state index contributed by atoms with van der Waals surface area (Å²) in [6, 6.07) is 5.15. The molecule has 84 valence electrons. The van der Waals surface area contributed by atoms with Crippen LogP contribution in [0.15, 0.2) is 29.2 Å². The fourth-order valence-corrected chi connectivity index (χ4v) is 1.86. The van der Waals surface area contributed by atoms with Gasteiger partial charge in [0, 0.05) is 23.9 Å². The van der Waals surface area contributed by atoms with Gasteiger partial charge in [-0.2, -0.15) is 0 Å². The molecule has 1 N–H and O–H groups in total.